The fraction of sp³-hybridized carbons (Fsp3) is 0.105. The van der Waals surface area contributed by atoms with Crippen LogP contribution in [-0.4, -0.2) is 29.1 Å². The zero-order chi connectivity index (χ0) is 19.5. The van der Waals surface area contributed by atoms with Gasteiger partial charge in [-0.25, -0.2) is 18.7 Å². The molecule has 0 fully saturated rings. The first-order valence-corrected chi connectivity index (χ1v) is 8.33. The van der Waals surface area contributed by atoms with E-state index in [1.807, 2.05) is 0 Å². The summed E-state index contributed by atoms with van der Waals surface area (Å²) in [5, 5.41) is 5.37. The Morgan fingerprint density at radius 3 is 2.54 bits per heavy atom. The molecule has 0 radical (unpaired) electrons. The van der Waals surface area contributed by atoms with Crippen LogP contribution in [0, 0.1) is 11.6 Å². The van der Waals surface area contributed by atoms with Crippen LogP contribution in [0.15, 0.2) is 48.8 Å². The number of carbonyl (C=O) groups excluding carboxylic acids is 1. The van der Waals surface area contributed by atoms with Crippen molar-refractivity contribution in [2.75, 3.05) is 23.8 Å². The van der Waals surface area contributed by atoms with Crippen molar-refractivity contribution < 1.29 is 23.0 Å². The molecule has 0 saturated carbocycles. The van der Waals surface area contributed by atoms with Crippen molar-refractivity contribution in [3.8, 4) is 11.5 Å². The molecule has 1 aromatic heterocycles. The summed E-state index contributed by atoms with van der Waals surface area (Å²) < 4.78 is 37.5. The number of nitrogens with one attached hydrogen (secondary N) is 2. The average Bonchev–Trinajstić information content (AvgIpc) is 2.70. The highest BCUT2D eigenvalue weighted by atomic mass is 19.1. The van der Waals surface area contributed by atoms with Crippen LogP contribution in [0.4, 0.5) is 26.0 Å². The summed E-state index contributed by atoms with van der Waals surface area (Å²) in [5.74, 6) is -0.572. The number of aromatic nitrogens is 2. The monoisotopic (exact) mass is 384 g/mol. The molecule has 1 aliphatic heterocycles. The third-order valence-electron chi connectivity index (χ3n) is 3.88. The van der Waals surface area contributed by atoms with E-state index >= 15 is 0 Å². The Kier molecular flexibility index (Phi) is 4.71. The molecule has 0 unspecified atom stereocenters. The molecule has 0 atom stereocenters. The molecule has 3 aromatic rings. The summed E-state index contributed by atoms with van der Waals surface area (Å²) in [7, 11) is 0. The molecular formula is C19H14F2N4O3. The molecule has 0 bridgehead atoms. The van der Waals surface area contributed by atoms with E-state index in [9.17, 15) is 13.6 Å². The highest BCUT2D eigenvalue weighted by Crippen LogP contribution is 2.33. The van der Waals surface area contributed by atoms with E-state index in [1.165, 1.54) is 12.4 Å². The standard InChI is InChI=1S/C19H14F2N4O3/c20-11-1-3-14(13(21)7-11)25-19(26)15-9-23-18(10-22-15)24-12-2-4-16-17(8-12)28-6-5-27-16/h1-4,7-10H,5-6H2,(H,23,24)(H,25,26). The van der Waals surface area contributed by atoms with Crippen molar-refractivity contribution >= 4 is 23.1 Å². The van der Waals surface area contributed by atoms with Gasteiger partial charge in [-0.1, -0.05) is 0 Å². The lowest BCUT2D eigenvalue weighted by molar-refractivity contribution is 0.102. The van der Waals surface area contributed by atoms with E-state index < -0.39 is 17.5 Å². The van der Waals surface area contributed by atoms with Crippen LogP contribution >= 0.6 is 0 Å². The number of rotatable bonds is 4. The molecule has 4 rings (SSSR count). The number of amides is 1. The minimum absolute atomic E-state index is 0.0172. The minimum atomic E-state index is -0.877. The molecule has 2 heterocycles. The third kappa shape index (κ3) is 3.83. The van der Waals surface area contributed by atoms with Crippen LogP contribution in [0.3, 0.4) is 0 Å². The Hall–Kier alpha value is -3.75. The number of carbonyl (C=O) groups is 1. The van der Waals surface area contributed by atoms with Crippen LogP contribution in [0.25, 0.3) is 0 Å². The van der Waals surface area contributed by atoms with Gasteiger partial charge in [0.15, 0.2) is 11.5 Å². The van der Waals surface area contributed by atoms with Gasteiger partial charge in [0.05, 0.1) is 18.1 Å². The van der Waals surface area contributed by atoms with E-state index in [0.29, 0.717) is 42.3 Å². The second-order valence-corrected chi connectivity index (χ2v) is 5.85. The van der Waals surface area contributed by atoms with Gasteiger partial charge in [-0.05, 0) is 24.3 Å². The second-order valence-electron chi connectivity index (χ2n) is 5.85. The molecule has 9 heteroatoms. The van der Waals surface area contributed by atoms with Crippen molar-refractivity contribution in [1.29, 1.82) is 0 Å². The number of ether oxygens (including phenoxy) is 2. The van der Waals surface area contributed by atoms with Crippen LogP contribution in [-0.2, 0) is 0 Å². The van der Waals surface area contributed by atoms with Crippen molar-refractivity contribution in [3.63, 3.8) is 0 Å². The summed E-state index contributed by atoms with van der Waals surface area (Å²) in [6.45, 7) is 0.991. The maximum atomic E-state index is 13.6. The summed E-state index contributed by atoms with van der Waals surface area (Å²) >= 11 is 0. The van der Waals surface area contributed by atoms with E-state index in [2.05, 4.69) is 20.6 Å². The predicted octanol–water partition coefficient (Wildman–Crippen LogP) is 3.52. The van der Waals surface area contributed by atoms with Crippen molar-refractivity contribution in [2.24, 2.45) is 0 Å². The molecule has 0 spiro atoms. The van der Waals surface area contributed by atoms with Gasteiger partial charge < -0.3 is 20.1 Å². The highest BCUT2D eigenvalue weighted by Gasteiger charge is 2.14. The van der Waals surface area contributed by atoms with E-state index in [1.54, 1.807) is 18.2 Å². The van der Waals surface area contributed by atoms with E-state index in [0.717, 1.165) is 12.1 Å². The number of anilines is 3. The second kappa shape index (κ2) is 7.47. The van der Waals surface area contributed by atoms with Crippen LogP contribution < -0.4 is 20.1 Å². The predicted molar refractivity (Wildman–Crippen MR) is 97.1 cm³/mol. The number of hydrogen-bond acceptors (Lipinski definition) is 6. The van der Waals surface area contributed by atoms with Crippen molar-refractivity contribution in [3.05, 3.63) is 66.1 Å². The van der Waals surface area contributed by atoms with E-state index in [4.69, 9.17) is 9.47 Å². The number of halogens is 2. The third-order valence-corrected chi connectivity index (χ3v) is 3.88. The number of hydrogen-bond donors (Lipinski definition) is 2. The maximum Gasteiger partial charge on any atom is 0.275 e. The average molecular weight is 384 g/mol. The van der Waals surface area contributed by atoms with Crippen LogP contribution in [0.1, 0.15) is 10.5 Å². The zero-order valence-electron chi connectivity index (χ0n) is 14.4. The molecular weight excluding hydrogens is 370 g/mol. The molecule has 1 aliphatic rings. The van der Waals surface area contributed by atoms with Gasteiger partial charge in [-0.3, -0.25) is 4.79 Å². The Balaban J connectivity index is 1.44. The molecule has 142 valence electrons. The highest BCUT2D eigenvalue weighted by molar-refractivity contribution is 6.02. The Labute approximate surface area is 158 Å². The lowest BCUT2D eigenvalue weighted by atomic mass is 10.2. The molecule has 0 aliphatic carbocycles. The SMILES string of the molecule is O=C(Nc1ccc(F)cc1F)c1cnc(Nc2ccc3c(c2)OCCO3)cn1. The lowest BCUT2D eigenvalue weighted by Gasteiger charge is -2.19. The fourth-order valence-electron chi connectivity index (χ4n) is 2.56. The summed E-state index contributed by atoms with van der Waals surface area (Å²) in [6, 6.07) is 8.21. The Bertz CT molecular complexity index is 1030. The summed E-state index contributed by atoms with van der Waals surface area (Å²) in [6.07, 6.45) is 2.61. The number of benzene rings is 2. The normalized spacial score (nSPS) is 12.4. The van der Waals surface area contributed by atoms with Crippen molar-refractivity contribution in [1.82, 2.24) is 9.97 Å². The van der Waals surface area contributed by atoms with Crippen LogP contribution in [0.2, 0.25) is 0 Å². The van der Waals surface area contributed by atoms with Crippen LogP contribution in [0.5, 0.6) is 11.5 Å². The summed E-state index contributed by atoms with van der Waals surface area (Å²) in [4.78, 5) is 20.3. The van der Waals surface area contributed by atoms with Gasteiger partial charge >= 0.3 is 0 Å². The largest absolute Gasteiger partial charge is 0.486 e. The molecule has 0 saturated heterocycles. The van der Waals surface area contributed by atoms with Crippen molar-refractivity contribution in [2.45, 2.75) is 0 Å². The van der Waals surface area contributed by atoms with Gasteiger partial charge in [-0.2, -0.15) is 0 Å². The molecule has 7 nitrogen and oxygen atoms in total. The lowest BCUT2D eigenvalue weighted by Crippen LogP contribution is -2.15. The van der Waals surface area contributed by atoms with Gasteiger partial charge in [0.1, 0.15) is 36.4 Å². The van der Waals surface area contributed by atoms with Gasteiger partial charge in [0.2, 0.25) is 0 Å². The first-order chi connectivity index (χ1) is 13.6. The molecule has 2 aromatic carbocycles. The molecule has 2 N–H and O–H groups in total. The number of fused-ring (bicyclic) bond motifs is 1. The Morgan fingerprint density at radius 2 is 1.79 bits per heavy atom. The smallest absolute Gasteiger partial charge is 0.275 e. The first kappa shape index (κ1) is 17.7. The van der Waals surface area contributed by atoms with Gasteiger partial charge in [0, 0.05) is 17.8 Å². The number of nitrogens with zero attached hydrogens (tertiary/aromatic N) is 2. The zero-order valence-corrected chi connectivity index (χ0v) is 14.4. The van der Waals surface area contributed by atoms with Gasteiger partial charge in [0.25, 0.3) is 5.91 Å². The fourth-order valence-corrected chi connectivity index (χ4v) is 2.56. The topological polar surface area (TPSA) is 85.4 Å². The van der Waals surface area contributed by atoms with E-state index in [-0.39, 0.29) is 11.4 Å². The quantitative estimate of drug-likeness (QED) is 0.716. The molecule has 1 amide bonds. The maximum absolute atomic E-state index is 13.6. The minimum Gasteiger partial charge on any atom is -0.486 e. The van der Waals surface area contributed by atoms with Gasteiger partial charge in [-0.15, -0.1) is 0 Å². The first-order valence-electron chi connectivity index (χ1n) is 8.33. The molecule has 28 heavy (non-hydrogen) atoms. The summed E-state index contributed by atoms with van der Waals surface area (Å²) in [5.41, 5.74) is 0.548. The Morgan fingerprint density at radius 1 is 0.964 bits per heavy atom.